The van der Waals surface area contributed by atoms with Gasteiger partial charge >= 0.3 is 5.69 Å². The van der Waals surface area contributed by atoms with Gasteiger partial charge in [0, 0.05) is 41.7 Å². The molecule has 0 aliphatic carbocycles. The Morgan fingerprint density at radius 1 is 1.19 bits per heavy atom. The molecule has 10 nitrogen and oxygen atoms in total. The van der Waals surface area contributed by atoms with Gasteiger partial charge in [-0.15, -0.1) is 0 Å². The summed E-state index contributed by atoms with van der Waals surface area (Å²) in [6.07, 6.45) is 7.01. The van der Waals surface area contributed by atoms with Crippen LogP contribution in [-0.2, 0) is 11.2 Å². The summed E-state index contributed by atoms with van der Waals surface area (Å²) in [7, 11) is 0. The molecule has 2 aromatic heterocycles. The molecule has 5 rings (SSSR count). The number of guanidine groups is 1. The van der Waals surface area contributed by atoms with Crippen molar-refractivity contribution in [2.24, 2.45) is 28.1 Å². The van der Waals surface area contributed by atoms with E-state index in [1.807, 2.05) is 31.2 Å². The van der Waals surface area contributed by atoms with E-state index in [0.29, 0.717) is 34.5 Å². The van der Waals surface area contributed by atoms with Crippen LogP contribution in [0.15, 0.2) is 58.4 Å². The first-order chi connectivity index (χ1) is 22.5. The first-order valence-corrected chi connectivity index (χ1v) is 16.8. The van der Waals surface area contributed by atoms with Gasteiger partial charge < -0.3 is 32.2 Å². The van der Waals surface area contributed by atoms with Crippen molar-refractivity contribution in [1.29, 1.82) is 0 Å². The van der Waals surface area contributed by atoms with Crippen molar-refractivity contribution in [3.63, 3.8) is 0 Å². The summed E-state index contributed by atoms with van der Waals surface area (Å²) in [6.45, 7) is 9.62. The normalized spacial score (nSPS) is 14.3. The van der Waals surface area contributed by atoms with Gasteiger partial charge in [-0.25, -0.2) is 9.18 Å². The first-order valence-electron chi connectivity index (χ1n) is 16.4. The van der Waals surface area contributed by atoms with E-state index in [1.165, 1.54) is 4.57 Å². The number of rotatable bonds is 14. The average molecular weight is 667 g/mol. The highest BCUT2D eigenvalue weighted by molar-refractivity contribution is 6.31. The standard InChI is InChI=1S/C31H40ClFN8O.C4H8O/c1-3-6-26(37-13-5-14-38-30(35)36)21-9-11-23(12-10-21)41-18-22-17-27(39-29(22)40-31(41)42)24-15-20(8-4-7-19(2)34)16-25(32)28(24)33;1-4-2-5-3-4/h9-12,15-19,26,37H,3-8,13-14,34H2,1-2H3,(H4,35,36,38)(H,39,40,42);4H,2-3H2,1H3. The van der Waals surface area contributed by atoms with Crippen LogP contribution in [0.2, 0.25) is 5.02 Å². The van der Waals surface area contributed by atoms with Crippen molar-refractivity contribution in [1.82, 2.24) is 19.9 Å². The lowest BCUT2D eigenvalue weighted by molar-refractivity contribution is -0.0221. The Kier molecular flexibility index (Phi) is 13.4. The van der Waals surface area contributed by atoms with Gasteiger partial charge in [-0.2, -0.15) is 4.98 Å². The van der Waals surface area contributed by atoms with E-state index in [9.17, 15) is 4.79 Å². The molecule has 1 aliphatic rings. The molecule has 0 radical (unpaired) electrons. The van der Waals surface area contributed by atoms with Crippen molar-refractivity contribution in [3.05, 3.63) is 81.1 Å². The number of H-pyrrole nitrogens is 1. The van der Waals surface area contributed by atoms with Crippen molar-refractivity contribution in [2.45, 2.75) is 71.4 Å². The molecule has 8 N–H and O–H groups in total. The monoisotopic (exact) mass is 666 g/mol. The molecule has 47 heavy (non-hydrogen) atoms. The van der Waals surface area contributed by atoms with Gasteiger partial charge in [-0.1, -0.05) is 44.0 Å². The van der Waals surface area contributed by atoms with Gasteiger partial charge in [0.25, 0.3) is 0 Å². The number of aromatic amines is 1. The third-order valence-electron chi connectivity index (χ3n) is 7.99. The number of benzene rings is 2. The minimum Gasteiger partial charge on any atom is -0.381 e. The Hall–Kier alpha value is -3.77. The maximum absolute atomic E-state index is 15.1. The number of aromatic nitrogens is 3. The molecule has 254 valence electrons. The van der Waals surface area contributed by atoms with Gasteiger partial charge in [0.05, 0.1) is 29.6 Å². The Morgan fingerprint density at radius 2 is 1.91 bits per heavy atom. The van der Waals surface area contributed by atoms with Crippen molar-refractivity contribution in [3.8, 4) is 16.9 Å². The van der Waals surface area contributed by atoms with Crippen LogP contribution in [0.3, 0.4) is 0 Å². The zero-order chi connectivity index (χ0) is 33.9. The fourth-order valence-electron chi connectivity index (χ4n) is 5.40. The fourth-order valence-corrected chi connectivity index (χ4v) is 5.64. The molecule has 1 saturated heterocycles. The number of nitrogens with two attached hydrogens (primary N) is 3. The molecule has 2 unspecified atom stereocenters. The Balaban J connectivity index is 0.000000912. The van der Waals surface area contributed by atoms with Crippen LogP contribution in [0.1, 0.15) is 70.0 Å². The summed E-state index contributed by atoms with van der Waals surface area (Å²) < 4.78 is 21.4. The molecule has 2 atom stereocenters. The number of aryl methyl sites for hydroxylation is 1. The van der Waals surface area contributed by atoms with Gasteiger partial charge in [0.1, 0.15) is 5.65 Å². The van der Waals surface area contributed by atoms with E-state index in [0.717, 1.165) is 75.3 Å². The van der Waals surface area contributed by atoms with Crippen LogP contribution in [0.4, 0.5) is 4.39 Å². The predicted octanol–water partition coefficient (Wildman–Crippen LogP) is 5.59. The number of ether oxygens (including phenoxy) is 1. The van der Waals surface area contributed by atoms with Gasteiger partial charge in [-0.3, -0.25) is 9.56 Å². The van der Waals surface area contributed by atoms with Crippen molar-refractivity contribution < 1.29 is 9.13 Å². The van der Waals surface area contributed by atoms with Gasteiger partial charge in [0.15, 0.2) is 11.8 Å². The average Bonchev–Trinajstić information content (AvgIpc) is 3.43. The molecule has 12 heteroatoms. The highest BCUT2D eigenvalue weighted by Crippen LogP contribution is 2.31. The van der Waals surface area contributed by atoms with E-state index in [4.69, 9.17) is 33.5 Å². The highest BCUT2D eigenvalue weighted by atomic mass is 35.5. The predicted molar refractivity (Wildman–Crippen MR) is 190 cm³/mol. The molecule has 0 saturated carbocycles. The third kappa shape index (κ3) is 10.4. The minimum atomic E-state index is -0.517. The second-order valence-corrected chi connectivity index (χ2v) is 12.8. The molecule has 1 aliphatic heterocycles. The molecule has 0 spiro atoms. The van der Waals surface area contributed by atoms with Crippen LogP contribution in [0, 0.1) is 11.7 Å². The quantitative estimate of drug-likeness (QED) is 0.0665. The van der Waals surface area contributed by atoms with E-state index in [-0.39, 0.29) is 23.1 Å². The second kappa shape index (κ2) is 17.4. The van der Waals surface area contributed by atoms with Crippen molar-refractivity contribution in [2.75, 3.05) is 26.3 Å². The second-order valence-electron chi connectivity index (χ2n) is 12.4. The number of fused-ring (bicyclic) bond motifs is 1. The Morgan fingerprint density at radius 3 is 2.53 bits per heavy atom. The largest absolute Gasteiger partial charge is 0.381 e. The fraction of sp³-hybridized carbons (Fsp3) is 0.457. The molecule has 4 aromatic rings. The lowest BCUT2D eigenvalue weighted by atomic mass is 10.0. The van der Waals surface area contributed by atoms with Crippen LogP contribution >= 0.6 is 11.6 Å². The summed E-state index contributed by atoms with van der Waals surface area (Å²) in [5.74, 6) is 0.426. The highest BCUT2D eigenvalue weighted by Gasteiger charge is 2.16. The van der Waals surface area contributed by atoms with Crippen LogP contribution in [0.5, 0.6) is 0 Å². The lowest BCUT2D eigenvalue weighted by Crippen LogP contribution is -2.25. The molecule has 2 aromatic carbocycles. The molecule has 1 fully saturated rings. The lowest BCUT2D eigenvalue weighted by Gasteiger charge is -2.20. The van der Waals surface area contributed by atoms with E-state index in [1.54, 1.807) is 24.4 Å². The number of nitrogens with one attached hydrogen (secondary N) is 2. The molecular weight excluding hydrogens is 619 g/mol. The van der Waals surface area contributed by atoms with Gasteiger partial charge in [-0.05, 0) is 87.0 Å². The zero-order valence-corrected chi connectivity index (χ0v) is 28.3. The number of nitrogens with zero attached hydrogens (tertiary/aromatic N) is 3. The summed E-state index contributed by atoms with van der Waals surface area (Å²) in [5.41, 5.74) is 20.2. The SMILES string of the molecule is CC1COC1.CCCC(NCCCN=C(N)N)c1ccc(-n2cc3cc(-c4cc(CCCC(C)N)cc(Cl)c4F)[nH]c3nc2=O)cc1. The van der Waals surface area contributed by atoms with Crippen molar-refractivity contribution >= 4 is 28.6 Å². The van der Waals surface area contributed by atoms with E-state index < -0.39 is 11.5 Å². The number of hydrogen-bond donors (Lipinski definition) is 5. The molecule has 0 amide bonds. The number of aliphatic imine (C=N–C) groups is 1. The number of halogens is 2. The maximum Gasteiger partial charge on any atom is 0.354 e. The molecule has 3 heterocycles. The van der Waals surface area contributed by atoms with Gasteiger partial charge in [0.2, 0.25) is 0 Å². The first kappa shape index (κ1) is 36.1. The summed E-state index contributed by atoms with van der Waals surface area (Å²) in [5, 5.41) is 4.30. The molecular formula is C35H48ClFN8O2. The number of hydrogen-bond acceptors (Lipinski definition) is 6. The van der Waals surface area contributed by atoms with Crippen LogP contribution < -0.4 is 28.2 Å². The Labute approximate surface area is 280 Å². The zero-order valence-electron chi connectivity index (χ0n) is 27.6. The topological polar surface area (TPSA) is 162 Å². The van der Waals surface area contributed by atoms with E-state index >= 15 is 4.39 Å². The summed E-state index contributed by atoms with van der Waals surface area (Å²) >= 11 is 6.25. The smallest absolute Gasteiger partial charge is 0.354 e. The summed E-state index contributed by atoms with van der Waals surface area (Å²) in [6, 6.07) is 13.4. The van der Waals surface area contributed by atoms with Crippen LogP contribution in [-0.4, -0.2) is 52.8 Å². The van der Waals surface area contributed by atoms with E-state index in [2.05, 4.69) is 34.1 Å². The molecule has 0 bridgehead atoms. The third-order valence-corrected chi connectivity index (χ3v) is 8.26. The van der Waals surface area contributed by atoms with Crippen LogP contribution in [0.25, 0.3) is 28.0 Å². The minimum absolute atomic E-state index is 0.0548. The Bertz CT molecular complexity index is 1680. The maximum atomic E-state index is 15.1. The summed E-state index contributed by atoms with van der Waals surface area (Å²) in [4.78, 5) is 24.4.